The smallest absolute Gasteiger partial charge is 0.334 e. The average Bonchev–Trinajstić information content (AvgIpc) is 3.51. The number of aromatic nitrogens is 2. The number of nitrogens with one attached hydrogen (secondary N) is 2. The highest BCUT2D eigenvalue weighted by atomic mass is 32.2. The van der Waals surface area contributed by atoms with Gasteiger partial charge in [-0.15, -0.1) is 0 Å². The first-order valence-electron chi connectivity index (χ1n) is 11.7. The van der Waals surface area contributed by atoms with E-state index in [1.165, 1.54) is 15.4 Å². The number of urea groups is 1. The maximum atomic E-state index is 13.5. The molecule has 2 aliphatic carbocycles. The van der Waals surface area contributed by atoms with Gasteiger partial charge in [-0.1, -0.05) is 6.07 Å². The third-order valence-electron chi connectivity index (χ3n) is 7.16. The lowest BCUT2D eigenvalue weighted by molar-refractivity contribution is 0.0875. The second-order valence-corrected chi connectivity index (χ2v) is 10.7. The van der Waals surface area contributed by atoms with E-state index in [1.807, 2.05) is 6.92 Å². The van der Waals surface area contributed by atoms with E-state index in [2.05, 4.69) is 21.2 Å². The van der Waals surface area contributed by atoms with Gasteiger partial charge in [-0.2, -0.15) is 13.5 Å². The van der Waals surface area contributed by atoms with Crippen LogP contribution in [0.15, 0.2) is 12.3 Å². The Morgan fingerprint density at radius 3 is 2.33 bits per heavy atom. The molecule has 2 amide bonds. The number of ether oxygens (including phenoxy) is 1. The molecule has 0 saturated carbocycles. The standard InChI is InChI=1S/C23H31N5O4S/c1-15-21(14-24-27(15)2)28(18-9-11-32-12-10-18)33(30,31)26-23(29)25-22-19-7-3-5-16(19)13-17-6-4-8-20(17)22/h13-14,18H,3-12H2,1-2H3,(H2,25,26,29). The number of benzene rings is 1. The molecule has 3 aliphatic rings. The van der Waals surface area contributed by atoms with Crippen molar-refractivity contribution in [2.75, 3.05) is 22.8 Å². The zero-order valence-corrected chi connectivity index (χ0v) is 20.0. The van der Waals surface area contributed by atoms with Gasteiger partial charge in [0.1, 0.15) is 0 Å². The van der Waals surface area contributed by atoms with Crippen molar-refractivity contribution in [3.63, 3.8) is 0 Å². The van der Waals surface area contributed by atoms with Crippen LogP contribution in [0.4, 0.5) is 16.2 Å². The first-order chi connectivity index (χ1) is 15.8. The molecule has 2 aromatic rings. The highest BCUT2D eigenvalue weighted by molar-refractivity contribution is 7.91. The fourth-order valence-corrected chi connectivity index (χ4v) is 6.84. The molecule has 0 atom stereocenters. The molecule has 5 rings (SSSR count). The van der Waals surface area contributed by atoms with Gasteiger partial charge in [0.05, 0.1) is 23.6 Å². The van der Waals surface area contributed by atoms with Gasteiger partial charge < -0.3 is 10.1 Å². The predicted octanol–water partition coefficient (Wildman–Crippen LogP) is 2.76. The number of amides is 2. The minimum Gasteiger partial charge on any atom is -0.381 e. The highest BCUT2D eigenvalue weighted by Crippen LogP contribution is 2.38. The monoisotopic (exact) mass is 473 g/mol. The summed E-state index contributed by atoms with van der Waals surface area (Å²) in [5.41, 5.74) is 6.89. The van der Waals surface area contributed by atoms with Crippen LogP contribution in [0.2, 0.25) is 0 Å². The van der Waals surface area contributed by atoms with E-state index < -0.39 is 16.2 Å². The molecule has 9 nitrogen and oxygen atoms in total. The number of carbonyl (C=O) groups excluding carboxylic acids is 1. The van der Waals surface area contributed by atoms with Crippen molar-refractivity contribution in [1.82, 2.24) is 14.5 Å². The number of nitrogens with zero attached hydrogens (tertiary/aromatic N) is 3. The average molecular weight is 474 g/mol. The van der Waals surface area contributed by atoms with Crippen LogP contribution in [0.5, 0.6) is 0 Å². The molecule has 1 aromatic carbocycles. The molecule has 2 heterocycles. The molecule has 2 N–H and O–H groups in total. The zero-order valence-electron chi connectivity index (χ0n) is 19.2. The molecular weight excluding hydrogens is 442 g/mol. The van der Waals surface area contributed by atoms with E-state index in [0.717, 1.165) is 55.3 Å². The Bertz CT molecular complexity index is 1150. The largest absolute Gasteiger partial charge is 0.381 e. The van der Waals surface area contributed by atoms with Crippen molar-refractivity contribution in [3.05, 3.63) is 40.2 Å². The van der Waals surface area contributed by atoms with Crippen LogP contribution in [0.3, 0.4) is 0 Å². The lowest BCUT2D eigenvalue weighted by atomic mass is 9.99. The number of hydrogen-bond acceptors (Lipinski definition) is 5. The highest BCUT2D eigenvalue weighted by Gasteiger charge is 2.35. The van der Waals surface area contributed by atoms with E-state index >= 15 is 0 Å². The van der Waals surface area contributed by atoms with Crippen molar-refractivity contribution >= 4 is 27.6 Å². The van der Waals surface area contributed by atoms with Gasteiger partial charge in [0, 0.05) is 25.9 Å². The van der Waals surface area contributed by atoms with Crippen LogP contribution in [0.25, 0.3) is 0 Å². The van der Waals surface area contributed by atoms with Crippen LogP contribution in [-0.4, -0.2) is 43.5 Å². The number of hydrogen-bond donors (Lipinski definition) is 2. The summed E-state index contributed by atoms with van der Waals surface area (Å²) in [6.45, 7) is 2.77. The maximum Gasteiger partial charge on any atom is 0.334 e. The Kier molecular flexibility index (Phi) is 5.82. The second kappa shape index (κ2) is 8.64. The first kappa shape index (κ1) is 22.2. The molecule has 0 radical (unpaired) electrons. The Morgan fingerprint density at radius 2 is 1.76 bits per heavy atom. The van der Waals surface area contributed by atoms with Gasteiger partial charge in [0.25, 0.3) is 0 Å². The molecule has 1 aromatic heterocycles. The molecular formula is C23H31N5O4S. The summed E-state index contributed by atoms with van der Waals surface area (Å²) >= 11 is 0. The van der Waals surface area contributed by atoms with Crippen LogP contribution >= 0.6 is 0 Å². The molecule has 33 heavy (non-hydrogen) atoms. The molecule has 0 unspecified atom stereocenters. The molecule has 1 saturated heterocycles. The summed E-state index contributed by atoms with van der Waals surface area (Å²) in [5, 5.41) is 7.15. The molecule has 0 spiro atoms. The van der Waals surface area contributed by atoms with Gasteiger partial charge in [0.15, 0.2) is 0 Å². The van der Waals surface area contributed by atoms with Gasteiger partial charge in [-0.25, -0.2) is 13.8 Å². The summed E-state index contributed by atoms with van der Waals surface area (Å²) in [6, 6.07) is 1.25. The van der Waals surface area contributed by atoms with Crippen LogP contribution in [0.1, 0.15) is 53.6 Å². The third kappa shape index (κ3) is 4.10. The predicted molar refractivity (Wildman–Crippen MR) is 126 cm³/mol. The summed E-state index contributed by atoms with van der Waals surface area (Å²) in [4.78, 5) is 13.1. The van der Waals surface area contributed by atoms with Gasteiger partial charge in [-0.05, 0) is 80.5 Å². The van der Waals surface area contributed by atoms with Crippen molar-refractivity contribution in [2.24, 2.45) is 7.05 Å². The van der Waals surface area contributed by atoms with Gasteiger partial charge >= 0.3 is 16.2 Å². The van der Waals surface area contributed by atoms with Crippen molar-refractivity contribution < 1.29 is 17.9 Å². The normalized spacial score (nSPS) is 18.1. The quantitative estimate of drug-likeness (QED) is 0.695. The van der Waals surface area contributed by atoms with E-state index in [4.69, 9.17) is 4.74 Å². The lowest BCUT2D eigenvalue weighted by Crippen LogP contribution is -2.51. The zero-order chi connectivity index (χ0) is 23.2. The Labute approximate surface area is 194 Å². The van der Waals surface area contributed by atoms with Crippen molar-refractivity contribution in [3.8, 4) is 0 Å². The van der Waals surface area contributed by atoms with Crippen LogP contribution in [0, 0.1) is 6.92 Å². The maximum absolute atomic E-state index is 13.5. The third-order valence-corrected chi connectivity index (χ3v) is 8.62. The van der Waals surface area contributed by atoms with Crippen LogP contribution in [-0.2, 0) is 47.7 Å². The SMILES string of the molecule is Cc1c(N(C2CCOCC2)S(=O)(=O)NC(=O)Nc2c3c(cc4c2CCC4)CCC3)cnn1C. The summed E-state index contributed by atoms with van der Waals surface area (Å²) in [7, 11) is -2.40. The Hall–Kier alpha value is -2.59. The van der Waals surface area contributed by atoms with E-state index in [1.54, 1.807) is 17.9 Å². The van der Waals surface area contributed by atoms with Gasteiger partial charge in [-0.3, -0.25) is 4.68 Å². The first-order valence-corrected chi connectivity index (χ1v) is 13.1. The number of fused-ring (bicyclic) bond motifs is 2. The van der Waals surface area contributed by atoms with E-state index in [9.17, 15) is 13.2 Å². The number of carbonyl (C=O) groups is 1. The fourth-order valence-electron chi connectivity index (χ4n) is 5.42. The van der Waals surface area contributed by atoms with E-state index in [0.29, 0.717) is 37.4 Å². The molecule has 0 bridgehead atoms. The number of anilines is 2. The van der Waals surface area contributed by atoms with Crippen LogP contribution < -0.4 is 14.3 Å². The molecule has 1 aliphatic heterocycles. The van der Waals surface area contributed by atoms with Crippen molar-refractivity contribution in [2.45, 2.75) is 64.3 Å². The topological polar surface area (TPSA) is 106 Å². The molecule has 10 heteroatoms. The second-order valence-electron chi connectivity index (χ2n) is 9.17. The van der Waals surface area contributed by atoms with E-state index in [-0.39, 0.29) is 6.04 Å². The summed E-state index contributed by atoms with van der Waals surface area (Å²) < 4.78 is 37.7. The minimum absolute atomic E-state index is 0.308. The number of aryl methyl sites for hydroxylation is 3. The Morgan fingerprint density at radius 1 is 1.12 bits per heavy atom. The molecule has 178 valence electrons. The van der Waals surface area contributed by atoms with Crippen molar-refractivity contribution in [1.29, 1.82) is 0 Å². The Balaban J connectivity index is 1.43. The summed E-state index contributed by atoms with van der Waals surface area (Å²) in [6.07, 6.45) is 8.60. The minimum atomic E-state index is -4.17. The number of rotatable bonds is 5. The molecule has 1 fully saturated rings. The fraction of sp³-hybridized carbons (Fsp3) is 0.565. The lowest BCUT2D eigenvalue weighted by Gasteiger charge is -2.34. The van der Waals surface area contributed by atoms with Gasteiger partial charge in [0.2, 0.25) is 0 Å². The summed E-state index contributed by atoms with van der Waals surface area (Å²) in [5.74, 6) is 0.